The van der Waals surface area contributed by atoms with Crippen LogP contribution in [0.5, 0.6) is 0 Å². The van der Waals surface area contributed by atoms with Gasteiger partial charge in [-0.2, -0.15) is 0 Å². The van der Waals surface area contributed by atoms with E-state index >= 15 is 0 Å². The van der Waals surface area contributed by atoms with E-state index in [9.17, 15) is 4.79 Å². The molecular weight excluding hydrogens is 276 g/mol. The molecule has 1 heterocycles. The molecule has 0 aliphatic carbocycles. The second-order valence-corrected chi connectivity index (χ2v) is 5.25. The number of para-hydroxylation sites is 2. The van der Waals surface area contributed by atoms with Gasteiger partial charge in [0, 0.05) is 24.5 Å². The number of rotatable bonds is 4. The van der Waals surface area contributed by atoms with Crippen LogP contribution in [0.2, 0.25) is 0 Å². The number of carbonyl (C=O) groups is 1. The molecule has 1 amide bonds. The minimum Gasteiger partial charge on any atom is -0.378 e. The van der Waals surface area contributed by atoms with Crippen LogP contribution in [-0.4, -0.2) is 43.7 Å². The molecule has 2 aromatic carbocycles. The van der Waals surface area contributed by atoms with E-state index in [0.717, 1.165) is 11.4 Å². The first-order valence-electron chi connectivity index (χ1n) is 7.58. The highest BCUT2D eigenvalue weighted by molar-refractivity contribution is 5.84. The van der Waals surface area contributed by atoms with Gasteiger partial charge in [-0.1, -0.05) is 36.4 Å². The summed E-state index contributed by atoms with van der Waals surface area (Å²) in [5.74, 6) is 0.135. The standard InChI is InChI=1S/C18H20N2O2/c21-18(19-11-13-22-14-12-19)15-20(16-7-3-1-4-8-16)17-9-5-2-6-10-17/h1-10H,11-15H2. The number of amides is 1. The van der Waals surface area contributed by atoms with E-state index in [1.165, 1.54) is 0 Å². The lowest BCUT2D eigenvalue weighted by atomic mass is 10.2. The third kappa shape index (κ3) is 3.46. The molecule has 1 saturated heterocycles. The van der Waals surface area contributed by atoms with Gasteiger partial charge < -0.3 is 14.5 Å². The molecule has 0 atom stereocenters. The Hall–Kier alpha value is -2.33. The number of ether oxygens (including phenoxy) is 1. The van der Waals surface area contributed by atoms with Crippen molar-refractivity contribution in [3.05, 3.63) is 60.7 Å². The Morgan fingerprint density at radius 3 is 1.91 bits per heavy atom. The van der Waals surface area contributed by atoms with Gasteiger partial charge in [0.25, 0.3) is 0 Å². The molecule has 0 spiro atoms. The lowest BCUT2D eigenvalue weighted by molar-refractivity contribution is -0.133. The van der Waals surface area contributed by atoms with Crippen LogP contribution < -0.4 is 4.90 Å². The van der Waals surface area contributed by atoms with Gasteiger partial charge in [-0.15, -0.1) is 0 Å². The summed E-state index contributed by atoms with van der Waals surface area (Å²) in [6.45, 7) is 2.95. The zero-order valence-corrected chi connectivity index (χ0v) is 12.5. The molecule has 114 valence electrons. The van der Waals surface area contributed by atoms with Crippen molar-refractivity contribution in [3.8, 4) is 0 Å². The van der Waals surface area contributed by atoms with E-state index in [4.69, 9.17) is 4.74 Å². The molecule has 1 fully saturated rings. The average molecular weight is 296 g/mol. The zero-order valence-electron chi connectivity index (χ0n) is 12.5. The molecule has 3 rings (SSSR count). The number of anilines is 2. The summed E-state index contributed by atoms with van der Waals surface area (Å²) in [7, 11) is 0. The Bertz CT molecular complexity index is 555. The van der Waals surface area contributed by atoms with Gasteiger partial charge in [-0.25, -0.2) is 0 Å². The predicted molar refractivity (Wildman–Crippen MR) is 87.3 cm³/mol. The summed E-state index contributed by atoms with van der Waals surface area (Å²) in [5, 5.41) is 0. The maximum absolute atomic E-state index is 12.6. The van der Waals surface area contributed by atoms with Crippen LogP contribution in [-0.2, 0) is 9.53 Å². The Morgan fingerprint density at radius 2 is 1.41 bits per heavy atom. The maximum atomic E-state index is 12.6. The van der Waals surface area contributed by atoms with E-state index in [0.29, 0.717) is 32.8 Å². The fourth-order valence-electron chi connectivity index (χ4n) is 2.60. The molecule has 1 aliphatic heterocycles. The van der Waals surface area contributed by atoms with Gasteiger partial charge in [0.1, 0.15) is 6.54 Å². The van der Waals surface area contributed by atoms with Crippen molar-refractivity contribution < 1.29 is 9.53 Å². The van der Waals surface area contributed by atoms with E-state index in [1.54, 1.807) is 0 Å². The summed E-state index contributed by atoms with van der Waals surface area (Å²) >= 11 is 0. The monoisotopic (exact) mass is 296 g/mol. The molecule has 0 aromatic heterocycles. The number of benzene rings is 2. The normalized spacial score (nSPS) is 14.6. The molecule has 0 N–H and O–H groups in total. The van der Waals surface area contributed by atoms with Gasteiger partial charge in [-0.05, 0) is 24.3 Å². The van der Waals surface area contributed by atoms with Crippen molar-refractivity contribution in [1.29, 1.82) is 0 Å². The van der Waals surface area contributed by atoms with Gasteiger partial charge in [-0.3, -0.25) is 4.79 Å². The minimum absolute atomic E-state index is 0.135. The SMILES string of the molecule is O=C(CN(c1ccccc1)c1ccccc1)N1CCOCC1. The number of hydrogen-bond acceptors (Lipinski definition) is 3. The Balaban J connectivity index is 1.81. The first kappa shape index (κ1) is 14.6. The Labute approximate surface area is 130 Å². The van der Waals surface area contributed by atoms with E-state index in [1.807, 2.05) is 65.6 Å². The van der Waals surface area contributed by atoms with Crippen LogP contribution >= 0.6 is 0 Å². The van der Waals surface area contributed by atoms with Gasteiger partial charge in [0.2, 0.25) is 5.91 Å². The highest BCUT2D eigenvalue weighted by Crippen LogP contribution is 2.24. The maximum Gasteiger partial charge on any atom is 0.242 e. The highest BCUT2D eigenvalue weighted by Gasteiger charge is 2.20. The molecule has 22 heavy (non-hydrogen) atoms. The van der Waals surface area contributed by atoms with E-state index < -0.39 is 0 Å². The predicted octanol–water partition coefficient (Wildman–Crippen LogP) is 2.68. The van der Waals surface area contributed by atoms with Crippen molar-refractivity contribution in [3.63, 3.8) is 0 Å². The smallest absolute Gasteiger partial charge is 0.242 e. The lowest BCUT2D eigenvalue weighted by Gasteiger charge is -2.31. The van der Waals surface area contributed by atoms with Crippen LogP contribution in [0.1, 0.15) is 0 Å². The van der Waals surface area contributed by atoms with Crippen LogP contribution in [0.4, 0.5) is 11.4 Å². The molecule has 2 aromatic rings. The number of morpholine rings is 1. The molecule has 0 saturated carbocycles. The molecule has 1 aliphatic rings. The molecule has 0 bridgehead atoms. The van der Waals surface area contributed by atoms with Crippen molar-refractivity contribution in [1.82, 2.24) is 4.90 Å². The van der Waals surface area contributed by atoms with Crippen LogP contribution in [0, 0.1) is 0 Å². The third-order valence-electron chi connectivity index (χ3n) is 3.79. The van der Waals surface area contributed by atoms with Crippen molar-refractivity contribution in [2.24, 2.45) is 0 Å². The van der Waals surface area contributed by atoms with Crippen LogP contribution in [0.3, 0.4) is 0 Å². The summed E-state index contributed by atoms with van der Waals surface area (Å²) in [6.07, 6.45) is 0. The molecule has 0 unspecified atom stereocenters. The van der Waals surface area contributed by atoms with Gasteiger partial charge in [0.05, 0.1) is 13.2 Å². The van der Waals surface area contributed by atoms with Crippen molar-refractivity contribution >= 4 is 17.3 Å². The molecular formula is C18H20N2O2. The molecule has 4 heteroatoms. The average Bonchev–Trinajstić information content (AvgIpc) is 2.62. The topological polar surface area (TPSA) is 32.8 Å². The summed E-state index contributed by atoms with van der Waals surface area (Å²) < 4.78 is 5.32. The number of carbonyl (C=O) groups excluding carboxylic acids is 1. The largest absolute Gasteiger partial charge is 0.378 e. The summed E-state index contributed by atoms with van der Waals surface area (Å²) in [5.41, 5.74) is 2.05. The number of nitrogens with zero attached hydrogens (tertiary/aromatic N) is 2. The van der Waals surface area contributed by atoms with E-state index in [2.05, 4.69) is 4.90 Å². The third-order valence-corrected chi connectivity index (χ3v) is 3.79. The first-order valence-corrected chi connectivity index (χ1v) is 7.58. The Morgan fingerprint density at radius 1 is 0.909 bits per heavy atom. The Kier molecular flexibility index (Phi) is 4.71. The quantitative estimate of drug-likeness (QED) is 0.869. The van der Waals surface area contributed by atoms with E-state index in [-0.39, 0.29) is 5.91 Å². The van der Waals surface area contributed by atoms with Crippen LogP contribution in [0.25, 0.3) is 0 Å². The van der Waals surface area contributed by atoms with Gasteiger partial charge in [0.15, 0.2) is 0 Å². The zero-order chi connectivity index (χ0) is 15.2. The number of hydrogen-bond donors (Lipinski definition) is 0. The summed E-state index contributed by atoms with van der Waals surface area (Å²) in [6, 6.07) is 20.0. The van der Waals surface area contributed by atoms with Crippen molar-refractivity contribution in [2.75, 3.05) is 37.7 Å². The highest BCUT2D eigenvalue weighted by atomic mass is 16.5. The lowest BCUT2D eigenvalue weighted by Crippen LogP contribution is -2.45. The fourth-order valence-corrected chi connectivity index (χ4v) is 2.60. The first-order chi connectivity index (χ1) is 10.8. The fraction of sp³-hybridized carbons (Fsp3) is 0.278. The van der Waals surface area contributed by atoms with Crippen molar-refractivity contribution in [2.45, 2.75) is 0 Å². The second kappa shape index (κ2) is 7.09. The molecule has 0 radical (unpaired) electrons. The van der Waals surface area contributed by atoms with Crippen LogP contribution in [0.15, 0.2) is 60.7 Å². The second-order valence-electron chi connectivity index (χ2n) is 5.25. The molecule has 4 nitrogen and oxygen atoms in total. The minimum atomic E-state index is 0.135. The summed E-state index contributed by atoms with van der Waals surface area (Å²) in [4.78, 5) is 16.5. The van der Waals surface area contributed by atoms with Gasteiger partial charge >= 0.3 is 0 Å².